The van der Waals surface area contributed by atoms with Gasteiger partial charge in [-0.2, -0.15) is 0 Å². The predicted octanol–water partition coefficient (Wildman–Crippen LogP) is 17.3. The van der Waals surface area contributed by atoms with Gasteiger partial charge >= 0.3 is 0 Å². The molecule has 10 aromatic rings. The van der Waals surface area contributed by atoms with E-state index in [9.17, 15) is 0 Å². The van der Waals surface area contributed by atoms with Gasteiger partial charge in [-0.05, 0) is 139 Å². The third-order valence-corrected chi connectivity index (χ3v) is 13.9. The van der Waals surface area contributed by atoms with Gasteiger partial charge in [0.15, 0.2) is 0 Å². The van der Waals surface area contributed by atoms with Crippen LogP contribution >= 0.6 is 11.3 Å². The number of fused-ring (bicyclic) bond motifs is 7. The number of rotatable bonds is 9. The molecule has 1 aromatic heterocycles. The van der Waals surface area contributed by atoms with Crippen LogP contribution in [0.25, 0.3) is 76.5 Å². The smallest absolute Gasteiger partial charge is 0.0474 e. The van der Waals surface area contributed by atoms with Crippen LogP contribution in [0.15, 0.2) is 201 Å². The molecule has 62 heavy (non-hydrogen) atoms. The lowest BCUT2D eigenvalue weighted by Crippen LogP contribution is -2.16. The lowest BCUT2D eigenvalue weighted by molar-refractivity contribution is 0.660. The monoisotopic (exact) mass is 812 g/mol. The SMILES string of the molecule is C=Cc1ccc(-c2ccc(Nc3ccc4sc5cc(-c6cc(N(c7ccccc7)c7ccc8c(c7)C(C)(C)c7cc(C=C)ccc7-8)cc7ccccc67)ccc5c4c3)cc2)cc1. The van der Waals surface area contributed by atoms with Crippen molar-refractivity contribution >= 4 is 82.9 Å². The van der Waals surface area contributed by atoms with Gasteiger partial charge in [0, 0.05) is 54.0 Å². The van der Waals surface area contributed by atoms with Crippen LogP contribution < -0.4 is 10.2 Å². The Labute approximate surface area is 367 Å². The van der Waals surface area contributed by atoms with Gasteiger partial charge in [-0.25, -0.2) is 0 Å². The molecule has 0 amide bonds. The molecule has 1 aliphatic carbocycles. The molecule has 0 bridgehead atoms. The Balaban J connectivity index is 0.964. The van der Waals surface area contributed by atoms with Crippen molar-refractivity contribution in [3.05, 3.63) is 223 Å². The predicted molar refractivity (Wildman–Crippen MR) is 270 cm³/mol. The standard InChI is InChI=1S/C59H44N2S/c1-5-38-16-19-40(20-17-38)41-21-24-44(25-22-41)60-45-26-31-57-54(35-45)52-29-23-43(34-58(52)62-57)53-36-48(33-42-12-10-11-15-49(42)53)61(46-13-8-7-9-14-46)47-27-30-51-50-28-18-39(6-2)32-55(50)59(3,4)56(51)37-47/h5-37,60H,1-2H2,3-4H3. The van der Waals surface area contributed by atoms with Crippen molar-refractivity contribution in [2.45, 2.75) is 19.3 Å². The fraction of sp³-hybridized carbons (Fsp3) is 0.0508. The quantitative estimate of drug-likeness (QED) is 0.156. The highest BCUT2D eigenvalue weighted by Crippen LogP contribution is 2.51. The molecule has 0 radical (unpaired) electrons. The van der Waals surface area contributed by atoms with E-state index in [1.807, 2.05) is 23.5 Å². The second kappa shape index (κ2) is 14.9. The number of para-hydroxylation sites is 1. The van der Waals surface area contributed by atoms with Gasteiger partial charge in [-0.15, -0.1) is 11.3 Å². The Morgan fingerprint density at radius 3 is 1.89 bits per heavy atom. The highest BCUT2D eigenvalue weighted by molar-refractivity contribution is 7.25. The molecule has 1 aliphatic rings. The van der Waals surface area contributed by atoms with Crippen molar-refractivity contribution in [1.82, 2.24) is 0 Å². The molecule has 0 atom stereocenters. The van der Waals surface area contributed by atoms with Gasteiger partial charge in [-0.1, -0.05) is 154 Å². The van der Waals surface area contributed by atoms with Gasteiger partial charge in [-0.3, -0.25) is 0 Å². The first-order valence-electron chi connectivity index (χ1n) is 21.2. The summed E-state index contributed by atoms with van der Waals surface area (Å²) in [5.74, 6) is 0. The minimum atomic E-state index is -0.155. The molecule has 2 nitrogen and oxygen atoms in total. The van der Waals surface area contributed by atoms with Gasteiger partial charge in [0.2, 0.25) is 0 Å². The van der Waals surface area contributed by atoms with Crippen molar-refractivity contribution in [3.63, 3.8) is 0 Å². The van der Waals surface area contributed by atoms with E-state index in [1.54, 1.807) is 0 Å². The number of hydrogen-bond acceptors (Lipinski definition) is 3. The number of nitrogens with one attached hydrogen (secondary N) is 1. The van der Waals surface area contributed by atoms with Crippen LogP contribution in [-0.2, 0) is 5.41 Å². The van der Waals surface area contributed by atoms with E-state index >= 15 is 0 Å². The molecule has 11 rings (SSSR count). The van der Waals surface area contributed by atoms with Gasteiger partial charge < -0.3 is 10.2 Å². The average Bonchev–Trinajstić information content (AvgIpc) is 3.79. The van der Waals surface area contributed by atoms with E-state index in [4.69, 9.17) is 0 Å². The number of thiophene rings is 1. The van der Waals surface area contributed by atoms with Gasteiger partial charge in [0.1, 0.15) is 0 Å². The Morgan fingerprint density at radius 2 is 1.11 bits per heavy atom. The summed E-state index contributed by atoms with van der Waals surface area (Å²) in [5, 5.41) is 8.63. The highest BCUT2D eigenvalue weighted by atomic mass is 32.1. The molecule has 9 aromatic carbocycles. The molecule has 0 aliphatic heterocycles. The second-order valence-electron chi connectivity index (χ2n) is 16.8. The highest BCUT2D eigenvalue weighted by Gasteiger charge is 2.36. The van der Waals surface area contributed by atoms with E-state index in [1.165, 1.54) is 75.5 Å². The molecule has 1 heterocycles. The van der Waals surface area contributed by atoms with Crippen LogP contribution in [0.5, 0.6) is 0 Å². The molecule has 0 saturated heterocycles. The van der Waals surface area contributed by atoms with Crippen LogP contribution in [-0.4, -0.2) is 0 Å². The van der Waals surface area contributed by atoms with Crippen molar-refractivity contribution in [1.29, 1.82) is 0 Å². The molecule has 3 heteroatoms. The third kappa shape index (κ3) is 6.41. The van der Waals surface area contributed by atoms with E-state index in [0.717, 1.165) is 39.6 Å². The van der Waals surface area contributed by atoms with Crippen LogP contribution in [0.4, 0.5) is 28.4 Å². The first kappa shape index (κ1) is 37.5. The van der Waals surface area contributed by atoms with Gasteiger partial charge in [0.05, 0.1) is 0 Å². The molecular weight excluding hydrogens is 769 g/mol. The molecular formula is C59H44N2S. The van der Waals surface area contributed by atoms with Crippen LogP contribution in [0, 0.1) is 0 Å². The second-order valence-corrected chi connectivity index (χ2v) is 17.9. The minimum absolute atomic E-state index is 0.155. The summed E-state index contributed by atoms with van der Waals surface area (Å²) < 4.78 is 2.55. The first-order chi connectivity index (χ1) is 30.3. The zero-order chi connectivity index (χ0) is 42.0. The Morgan fingerprint density at radius 1 is 0.452 bits per heavy atom. The Hall–Kier alpha value is -7.46. The van der Waals surface area contributed by atoms with Crippen molar-refractivity contribution in [2.75, 3.05) is 10.2 Å². The lowest BCUT2D eigenvalue weighted by atomic mass is 9.81. The van der Waals surface area contributed by atoms with E-state index in [0.29, 0.717) is 0 Å². The maximum absolute atomic E-state index is 4.05. The Bertz CT molecular complexity index is 3370. The molecule has 0 spiro atoms. The van der Waals surface area contributed by atoms with Gasteiger partial charge in [0.25, 0.3) is 0 Å². The summed E-state index contributed by atoms with van der Waals surface area (Å²) >= 11 is 1.86. The number of hydrogen-bond donors (Lipinski definition) is 1. The fourth-order valence-corrected chi connectivity index (χ4v) is 10.6. The normalized spacial score (nSPS) is 12.6. The van der Waals surface area contributed by atoms with E-state index in [-0.39, 0.29) is 5.41 Å². The summed E-state index contributed by atoms with van der Waals surface area (Å²) in [6, 6.07) is 69.0. The van der Waals surface area contributed by atoms with Crippen molar-refractivity contribution < 1.29 is 0 Å². The average molecular weight is 813 g/mol. The van der Waals surface area contributed by atoms with Crippen molar-refractivity contribution in [3.8, 4) is 33.4 Å². The number of anilines is 5. The largest absolute Gasteiger partial charge is 0.356 e. The fourth-order valence-electron chi connectivity index (χ4n) is 9.44. The van der Waals surface area contributed by atoms with Crippen LogP contribution in [0.1, 0.15) is 36.1 Å². The molecule has 0 saturated carbocycles. The topological polar surface area (TPSA) is 15.3 Å². The lowest BCUT2D eigenvalue weighted by Gasteiger charge is -2.29. The number of nitrogens with zero attached hydrogens (tertiary/aromatic N) is 1. The summed E-state index contributed by atoms with van der Waals surface area (Å²) in [5.41, 5.74) is 17.7. The summed E-state index contributed by atoms with van der Waals surface area (Å²) in [4.78, 5) is 2.42. The zero-order valence-electron chi connectivity index (χ0n) is 34.8. The zero-order valence-corrected chi connectivity index (χ0v) is 35.6. The number of benzene rings is 9. The van der Waals surface area contributed by atoms with Crippen LogP contribution in [0.2, 0.25) is 0 Å². The minimum Gasteiger partial charge on any atom is -0.356 e. The van der Waals surface area contributed by atoms with E-state index in [2.05, 4.69) is 225 Å². The van der Waals surface area contributed by atoms with Crippen molar-refractivity contribution in [2.24, 2.45) is 0 Å². The van der Waals surface area contributed by atoms with Crippen LogP contribution in [0.3, 0.4) is 0 Å². The summed E-state index contributed by atoms with van der Waals surface area (Å²) in [6.45, 7) is 12.6. The Kier molecular flexibility index (Phi) is 9.03. The summed E-state index contributed by atoms with van der Waals surface area (Å²) in [7, 11) is 0. The molecule has 296 valence electrons. The van der Waals surface area contributed by atoms with E-state index < -0.39 is 0 Å². The summed E-state index contributed by atoms with van der Waals surface area (Å²) in [6.07, 6.45) is 3.82. The molecule has 1 N–H and O–H groups in total. The maximum Gasteiger partial charge on any atom is 0.0474 e. The molecule has 0 unspecified atom stereocenters. The first-order valence-corrected chi connectivity index (χ1v) is 22.0. The maximum atomic E-state index is 4.05. The molecule has 0 fully saturated rings. The third-order valence-electron chi connectivity index (χ3n) is 12.7.